The normalized spacial score (nSPS) is 21.1. The van der Waals surface area contributed by atoms with Gasteiger partial charge in [-0.25, -0.2) is 0 Å². The van der Waals surface area contributed by atoms with Crippen molar-refractivity contribution < 1.29 is 0 Å². The van der Waals surface area contributed by atoms with E-state index in [0.29, 0.717) is 0 Å². The third-order valence-electron chi connectivity index (χ3n) is 3.36. The van der Waals surface area contributed by atoms with E-state index >= 15 is 0 Å². The lowest BCUT2D eigenvalue weighted by Gasteiger charge is -2.30. The smallest absolute Gasteiger partial charge is 0.0573 e. The van der Waals surface area contributed by atoms with Crippen LogP contribution in [-0.2, 0) is 6.54 Å². The number of pyridine rings is 1. The summed E-state index contributed by atoms with van der Waals surface area (Å²) in [6.07, 6.45) is 3.11. The van der Waals surface area contributed by atoms with Gasteiger partial charge in [0.25, 0.3) is 0 Å². The number of aromatic nitrogens is 1. The van der Waals surface area contributed by atoms with Crippen LogP contribution in [0.4, 0.5) is 0 Å². The molecule has 94 valence electrons. The molecule has 1 aromatic heterocycles. The molecule has 0 saturated carbocycles. The molecule has 0 aromatic carbocycles. The Morgan fingerprint density at radius 3 is 3.06 bits per heavy atom. The molecule has 3 heteroatoms. The Labute approximate surface area is 104 Å². The van der Waals surface area contributed by atoms with E-state index in [2.05, 4.69) is 42.0 Å². The van der Waals surface area contributed by atoms with Gasteiger partial charge in [-0.15, -0.1) is 0 Å². The topological polar surface area (TPSA) is 28.2 Å². The lowest BCUT2D eigenvalue weighted by Crippen LogP contribution is -2.46. The predicted molar refractivity (Wildman–Crippen MR) is 70.9 cm³/mol. The zero-order valence-corrected chi connectivity index (χ0v) is 11.2. The average molecular weight is 233 g/mol. The van der Waals surface area contributed by atoms with Gasteiger partial charge in [0, 0.05) is 24.8 Å². The van der Waals surface area contributed by atoms with Crippen molar-refractivity contribution in [3.05, 3.63) is 29.6 Å². The van der Waals surface area contributed by atoms with Gasteiger partial charge in [-0.3, -0.25) is 9.88 Å². The van der Waals surface area contributed by atoms with Gasteiger partial charge in [0.1, 0.15) is 0 Å². The first kappa shape index (κ1) is 12.5. The third-order valence-corrected chi connectivity index (χ3v) is 3.36. The maximum absolute atomic E-state index is 4.49. The molecule has 17 heavy (non-hydrogen) atoms. The summed E-state index contributed by atoms with van der Waals surface area (Å²) in [7, 11) is 0. The molecular weight excluding hydrogens is 210 g/mol. The molecule has 0 aliphatic carbocycles. The van der Waals surface area contributed by atoms with E-state index in [4.69, 9.17) is 0 Å². The summed E-state index contributed by atoms with van der Waals surface area (Å²) in [4.78, 5) is 7.00. The van der Waals surface area contributed by atoms with Crippen LogP contribution in [0.1, 0.15) is 31.5 Å². The summed E-state index contributed by atoms with van der Waals surface area (Å²) in [6, 6.07) is 4.15. The Kier molecular flexibility index (Phi) is 3.79. The van der Waals surface area contributed by atoms with Crippen LogP contribution in [0.3, 0.4) is 0 Å². The highest BCUT2D eigenvalue weighted by Crippen LogP contribution is 2.14. The number of rotatable bonds is 2. The zero-order chi connectivity index (χ0) is 12.3. The Hall–Kier alpha value is -0.930. The fraction of sp³-hybridized carbons (Fsp3) is 0.643. The zero-order valence-electron chi connectivity index (χ0n) is 11.2. The molecule has 1 N–H and O–H groups in total. The van der Waals surface area contributed by atoms with Gasteiger partial charge < -0.3 is 5.32 Å². The van der Waals surface area contributed by atoms with Crippen molar-refractivity contribution in [3.8, 4) is 0 Å². The molecule has 2 heterocycles. The van der Waals surface area contributed by atoms with Crippen molar-refractivity contribution in [2.45, 2.75) is 39.3 Å². The molecule has 1 aromatic rings. The Morgan fingerprint density at radius 1 is 1.47 bits per heavy atom. The van der Waals surface area contributed by atoms with Gasteiger partial charge in [0.05, 0.1) is 5.69 Å². The lowest BCUT2D eigenvalue weighted by molar-refractivity contribution is 0.221. The summed E-state index contributed by atoms with van der Waals surface area (Å²) < 4.78 is 0. The van der Waals surface area contributed by atoms with E-state index in [1.165, 1.54) is 17.7 Å². The van der Waals surface area contributed by atoms with Crippen molar-refractivity contribution in [2.75, 3.05) is 19.6 Å². The van der Waals surface area contributed by atoms with Crippen molar-refractivity contribution in [3.63, 3.8) is 0 Å². The number of nitrogens with one attached hydrogen (secondary N) is 1. The summed E-state index contributed by atoms with van der Waals surface area (Å²) in [6.45, 7) is 11.0. The van der Waals surface area contributed by atoms with Gasteiger partial charge in [-0.05, 0) is 51.9 Å². The van der Waals surface area contributed by atoms with E-state index in [9.17, 15) is 0 Å². The van der Waals surface area contributed by atoms with Gasteiger partial charge in [-0.2, -0.15) is 0 Å². The Bertz CT molecular complexity index is 373. The average Bonchev–Trinajstić information content (AvgIpc) is 2.43. The molecule has 1 fully saturated rings. The van der Waals surface area contributed by atoms with Crippen LogP contribution >= 0.6 is 0 Å². The van der Waals surface area contributed by atoms with Gasteiger partial charge in [0.15, 0.2) is 0 Å². The molecule has 0 atom stereocenters. The van der Waals surface area contributed by atoms with E-state index in [-0.39, 0.29) is 5.54 Å². The maximum atomic E-state index is 4.49. The van der Waals surface area contributed by atoms with Crippen LogP contribution in [0, 0.1) is 6.92 Å². The van der Waals surface area contributed by atoms with Crippen molar-refractivity contribution >= 4 is 0 Å². The van der Waals surface area contributed by atoms with Gasteiger partial charge >= 0.3 is 0 Å². The van der Waals surface area contributed by atoms with E-state index < -0.39 is 0 Å². The number of nitrogens with zero attached hydrogens (tertiary/aromatic N) is 2. The highest BCUT2D eigenvalue weighted by Gasteiger charge is 2.24. The second kappa shape index (κ2) is 5.15. The molecule has 0 unspecified atom stereocenters. The van der Waals surface area contributed by atoms with Crippen LogP contribution in [0.5, 0.6) is 0 Å². The van der Waals surface area contributed by atoms with Crippen molar-refractivity contribution in [1.29, 1.82) is 0 Å². The van der Waals surface area contributed by atoms with E-state index in [1.54, 1.807) is 0 Å². The summed E-state index contributed by atoms with van der Waals surface area (Å²) in [5.74, 6) is 0. The standard InChI is InChI=1S/C14H23N3/c1-12-6-4-7-15-13(12)10-17-9-5-8-16-14(2,3)11-17/h4,6-7,16H,5,8-11H2,1-3H3. The third kappa shape index (κ3) is 3.51. The lowest BCUT2D eigenvalue weighted by atomic mass is 10.1. The summed E-state index contributed by atoms with van der Waals surface area (Å²) in [5.41, 5.74) is 2.71. The highest BCUT2D eigenvalue weighted by atomic mass is 15.2. The first-order chi connectivity index (χ1) is 8.07. The molecule has 2 rings (SSSR count). The van der Waals surface area contributed by atoms with Crippen LogP contribution in [0.15, 0.2) is 18.3 Å². The minimum Gasteiger partial charge on any atom is -0.310 e. The molecule has 1 aliphatic rings. The molecule has 0 spiro atoms. The first-order valence-corrected chi connectivity index (χ1v) is 6.45. The van der Waals surface area contributed by atoms with Crippen LogP contribution in [0.25, 0.3) is 0 Å². The Morgan fingerprint density at radius 2 is 2.29 bits per heavy atom. The first-order valence-electron chi connectivity index (χ1n) is 6.45. The summed E-state index contributed by atoms with van der Waals surface area (Å²) >= 11 is 0. The molecule has 1 aliphatic heterocycles. The molecular formula is C14H23N3. The van der Waals surface area contributed by atoms with Gasteiger partial charge in [0.2, 0.25) is 0 Å². The highest BCUT2D eigenvalue weighted by molar-refractivity contribution is 5.17. The second-order valence-corrected chi connectivity index (χ2v) is 5.64. The largest absolute Gasteiger partial charge is 0.310 e. The van der Waals surface area contributed by atoms with Crippen molar-refractivity contribution in [1.82, 2.24) is 15.2 Å². The fourth-order valence-corrected chi connectivity index (χ4v) is 2.45. The number of aryl methyl sites for hydroxylation is 1. The van der Waals surface area contributed by atoms with Crippen LogP contribution in [0.2, 0.25) is 0 Å². The minimum atomic E-state index is 0.208. The Balaban J connectivity index is 2.05. The quantitative estimate of drug-likeness (QED) is 0.846. The molecule has 0 radical (unpaired) electrons. The van der Waals surface area contributed by atoms with E-state index in [0.717, 1.165) is 26.2 Å². The molecule has 3 nitrogen and oxygen atoms in total. The maximum Gasteiger partial charge on any atom is 0.0573 e. The monoisotopic (exact) mass is 233 g/mol. The number of hydrogen-bond donors (Lipinski definition) is 1. The van der Waals surface area contributed by atoms with Crippen LogP contribution in [-0.4, -0.2) is 35.1 Å². The van der Waals surface area contributed by atoms with Crippen molar-refractivity contribution in [2.24, 2.45) is 0 Å². The predicted octanol–water partition coefficient (Wildman–Crippen LogP) is 1.96. The fourth-order valence-electron chi connectivity index (χ4n) is 2.45. The minimum absolute atomic E-state index is 0.208. The molecule has 1 saturated heterocycles. The SMILES string of the molecule is Cc1cccnc1CN1CCCNC(C)(C)C1. The molecule has 0 amide bonds. The summed E-state index contributed by atoms with van der Waals surface area (Å²) in [5, 5.41) is 3.59. The van der Waals surface area contributed by atoms with E-state index in [1.807, 2.05) is 12.3 Å². The number of hydrogen-bond acceptors (Lipinski definition) is 3. The molecule has 0 bridgehead atoms. The van der Waals surface area contributed by atoms with Gasteiger partial charge in [-0.1, -0.05) is 6.07 Å². The van der Waals surface area contributed by atoms with Crippen LogP contribution < -0.4 is 5.32 Å². The second-order valence-electron chi connectivity index (χ2n) is 5.64.